The van der Waals surface area contributed by atoms with Crippen molar-refractivity contribution in [1.82, 2.24) is 0 Å². The van der Waals surface area contributed by atoms with Crippen LogP contribution >= 0.6 is 0 Å². The minimum atomic E-state index is 0.295. The van der Waals surface area contributed by atoms with Gasteiger partial charge in [-0.3, -0.25) is 4.79 Å². The van der Waals surface area contributed by atoms with Crippen LogP contribution in [0.3, 0.4) is 0 Å². The second kappa shape index (κ2) is 4.78. The van der Waals surface area contributed by atoms with Crippen molar-refractivity contribution >= 4 is 5.78 Å². The van der Waals surface area contributed by atoms with E-state index in [2.05, 4.69) is 26.5 Å². The number of carbonyl (C=O) groups is 1. The van der Waals surface area contributed by atoms with Crippen molar-refractivity contribution in [3.05, 3.63) is 24.3 Å². The van der Waals surface area contributed by atoms with Gasteiger partial charge >= 0.3 is 0 Å². The third kappa shape index (κ3) is 3.65. The Labute approximate surface area is 93.3 Å². The Kier molecular flexibility index (Phi) is 3.90. The summed E-state index contributed by atoms with van der Waals surface area (Å²) in [5.41, 5.74) is 1.34. The van der Waals surface area contributed by atoms with Crippen molar-refractivity contribution < 1.29 is 4.79 Å². The molecule has 0 unspecified atom stereocenters. The van der Waals surface area contributed by atoms with E-state index in [9.17, 15) is 4.79 Å². The van der Waals surface area contributed by atoms with Gasteiger partial charge in [0, 0.05) is 6.42 Å². The Morgan fingerprint density at radius 2 is 2.33 bits per heavy atom. The van der Waals surface area contributed by atoms with Gasteiger partial charge in [-0.1, -0.05) is 32.9 Å². The summed E-state index contributed by atoms with van der Waals surface area (Å²) in [5.74, 6) is 0.610. The average molecular weight is 206 g/mol. The van der Waals surface area contributed by atoms with Crippen LogP contribution in [0.4, 0.5) is 0 Å². The summed E-state index contributed by atoms with van der Waals surface area (Å²) in [6.07, 6.45) is 7.79. The molecule has 0 heterocycles. The number of carbonyl (C=O) groups excluding carboxylic acids is 1. The molecule has 1 rings (SSSR count). The summed E-state index contributed by atoms with van der Waals surface area (Å²) in [6.45, 7) is 10.2. The number of rotatable bonds is 4. The predicted molar refractivity (Wildman–Crippen MR) is 64.7 cm³/mol. The standard InChI is InChI=1S/C14H22O/c1-5-11(2)9-13(15)12-7-6-8-14(3,4)10-12/h5,7,11H,1,6,8-10H2,2-4H3/t11-/m1/s1. The smallest absolute Gasteiger partial charge is 0.159 e. The van der Waals surface area contributed by atoms with Crippen LogP contribution < -0.4 is 0 Å². The molecule has 0 saturated carbocycles. The zero-order valence-corrected chi connectivity index (χ0v) is 10.2. The molecule has 1 heteroatoms. The molecule has 0 N–H and O–H groups in total. The fourth-order valence-electron chi connectivity index (χ4n) is 2.03. The number of Topliss-reactive ketones (excluding diaryl/α,β-unsaturated/α-hetero) is 1. The largest absolute Gasteiger partial charge is 0.295 e. The SMILES string of the molecule is C=C[C@@H](C)CC(=O)C1=CCCC(C)(C)C1. The van der Waals surface area contributed by atoms with Gasteiger partial charge in [0.05, 0.1) is 0 Å². The zero-order chi connectivity index (χ0) is 11.5. The molecule has 0 aromatic rings. The Morgan fingerprint density at radius 3 is 2.87 bits per heavy atom. The second-order valence-corrected chi connectivity index (χ2v) is 5.45. The minimum Gasteiger partial charge on any atom is -0.295 e. The molecule has 0 aromatic heterocycles. The van der Waals surface area contributed by atoms with E-state index in [1.807, 2.05) is 13.0 Å². The first kappa shape index (κ1) is 12.2. The van der Waals surface area contributed by atoms with Crippen molar-refractivity contribution in [2.45, 2.75) is 46.5 Å². The summed E-state index contributed by atoms with van der Waals surface area (Å²) < 4.78 is 0. The second-order valence-electron chi connectivity index (χ2n) is 5.45. The molecule has 0 saturated heterocycles. The summed E-state index contributed by atoms with van der Waals surface area (Å²) >= 11 is 0. The first-order chi connectivity index (χ1) is 6.94. The highest BCUT2D eigenvalue weighted by molar-refractivity contribution is 5.95. The van der Waals surface area contributed by atoms with E-state index in [1.165, 1.54) is 6.42 Å². The molecule has 0 aliphatic heterocycles. The van der Waals surface area contributed by atoms with Crippen LogP contribution in [-0.2, 0) is 4.79 Å². The van der Waals surface area contributed by atoms with Crippen LogP contribution in [0.1, 0.15) is 46.5 Å². The maximum absolute atomic E-state index is 11.9. The highest BCUT2D eigenvalue weighted by Crippen LogP contribution is 2.35. The minimum absolute atomic E-state index is 0.295. The fraction of sp³-hybridized carbons (Fsp3) is 0.643. The number of hydrogen-bond donors (Lipinski definition) is 0. The monoisotopic (exact) mass is 206 g/mol. The van der Waals surface area contributed by atoms with Gasteiger partial charge < -0.3 is 0 Å². The molecule has 1 aliphatic rings. The molecule has 1 atom stereocenters. The van der Waals surface area contributed by atoms with Gasteiger partial charge in [-0.25, -0.2) is 0 Å². The molecule has 0 bridgehead atoms. The van der Waals surface area contributed by atoms with Gasteiger partial charge in [0.15, 0.2) is 5.78 Å². The molecule has 15 heavy (non-hydrogen) atoms. The van der Waals surface area contributed by atoms with Crippen molar-refractivity contribution in [2.75, 3.05) is 0 Å². The van der Waals surface area contributed by atoms with Crippen LogP contribution in [0, 0.1) is 11.3 Å². The summed E-state index contributed by atoms with van der Waals surface area (Å²) in [4.78, 5) is 11.9. The number of allylic oxidation sites excluding steroid dienone is 3. The molecule has 0 aromatic carbocycles. The molecule has 84 valence electrons. The van der Waals surface area contributed by atoms with Crippen molar-refractivity contribution in [3.8, 4) is 0 Å². The third-order valence-electron chi connectivity index (χ3n) is 3.15. The summed E-state index contributed by atoms with van der Waals surface area (Å²) in [6, 6.07) is 0. The molecule has 0 spiro atoms. The lowest BCUT2D eigenvalue weighted by atomic mass is 9.75. The van der Waals surface area contributed by atoms with E-state index in [1.54, 1.807) is 0 Å². The Hall–Kier alpha value is -0.850. The molecule has 0 radical (unpaired) electrons. The maximum atomic E-state index is 11.9. The Balaban J connectivity index is 2.60. The lowest BCUT2D eigenvalue weighted by Crippen LogP contribution is -2.20. The van der Waals surface area contributed by atoms with Gasteiger partial charge in [-0.2, -0.15) is 0 Å². The first-order valence-corrected chi connectivity index (χ1v) is 5.79. The first-order valence-electron chi connectivity index (χ1n) is 5.79. The van der Waals surface area contributed by atoms with E-state index in [-0.39, 0.29) is 0 Å². The quantitative estimate of drug-likeness (QED) is 0.637. The van der Waals surface area contributed by atoms with Crippen LogP contribution in [0.25, 0.3) is 0 Å². The van der Waals surface area contributed by atoms with Crippen LogP contribution in [-0.4, -0.2) is 5.78 Å². The highest BCUT2D eigenvalue weighted by Gasteiger charge is 2.26. The van der Waals surface area contributed by atoms with Crippen LogP contribution in [0.5, 0.6) is 0 Å². The van der Waals surface area contributed by atoms with Crippen molar-refractivity contribution in [3.63, 3.8) is 0 Å². The molecule has 1 aliphatic carbocycles. The van der Waals surface area contributed by atoms with Crippen molar-refractivity contribution in [1.29, 1.82) is 0 Å². The van der Waals surface area contributed by atoms with Gasteiger partial charge in [0.1, 0.15) is 0 Å². The normalized spacial score (nSPS) is 21.7. The Bertz CT molecular complexity index is 284. The van der Waals surface area contributed by atoms with E-state index >= 15 is 0 Å². The molecule has 0 amide bonds. The lowest BCUT2D eigenvalue weighted by Gasteiger charge is -2.29. The van der Waals surface area contributed by atoms with Gasteiger partial charge in [-0.05, 0) is 36.2 Å². The molecular formula is C14H22O. The van der Waals surface area contributed by atoms with Crippen LogP contribution in [0.15, 0.2) is 24.3 Å². The topological polar surface area (TPSA) is 17.1 Å². The Morgan fingerprint density at radius 1 is 1.67 bits per heavy atom. The zero-order valence-electron chi connectivity index (χ0n) is 10.2. The van der Waals surface area contributed by atoms with E-state index in [0.29, 0.717) is 23.5 Å². The van der Waals surface area contributed by atoms with Gasteiger partial charge in [0.25, 0.3) is 0 Å². The van der Waals surface area contributed by atoms with Crippen LogP contribution in [0.2, 0.25) is 0 Å². The summed E-state index contributed by atoms with van der Waals surface area (Å²) in [5, 5.41) is 0. The number of ketones is 1. The maximum Gasteiger partial charge on any atom is 0.159 e. The lowest BCUT2D eigenvalue weighted by molar-refractivity contribution is -0.116. The highest BCUT2D eigenvalue weighted by atomic mass is 16.1. The van der Waals surface area contributed by atoms with Gasteiger partial charge in [0.2, 0.25) is 0 Å². The van der Waals surface area contributed by atoms with Gasteiger partial charge in [-0.15, -0.1) is 6.58 Å². The number of hydrogen-bond acceptors (Lipinski definition) is 1. The van der Waals surface area contributed by atoms with Crippen molar-refractivity contribution in [2.24, 2.45) is 11.3 Å². The third-order valence-corrected chi connectivity index (χ3v) is 3.15. The van der Waals surface area contributed by atoms with E-state index < -0.39 is 0 Å². The van der Waals surface area contributed by atoms with E-state index in [4.69, 9.17) is 0 Å². The molecule has 0 fully saturated rings. The molecule has 1 nitrogen and oxygen atoms in total. The summed E-state index contributed by atoms with van der Waals surface area (Å²) in [7, 11) is 0. The molecular weight excluding hydrogens is 184 g/mol. The predicted octanol–water partition coefficient (Wildman–Crippen LogP) is 3.90. The fourth-order valence-corrected chi connectivity index (χ4v) is 2.03. The average Bonchev–Trinajstić information content (AvgIpc) is 2.16. The van der Waals surface area contributed by atoms with E-state index in [0.717, 1.165) is 18.4 Å².